The lowest BCUT2D eigenvalue weighted by Gasteiger charge is -2.12. The zero-order valence-corrected chi connectivity index (χ0v) is 20.0. The van der Waals surface area contributed by atoms with E-state index in [0.29, 0.717) is 34.5 Å². The monoisotopic (exact) mass is 530 g/mol. The van der Waals surface area contributed by atoms with Crippen LogP contribution in [0.5, 0.6) is 0 Å². The summed E-state index contributed by atoms with van der Waals surface area (Å²) in [5.74, 6) is 0.0837. The lowest BCUT2D eigenvalue weighted by atomic mass is 10.0. The Hall–Kier alpha value is -2.17. The van der Waals surface area contributed by atoms with E-state index in [1.165, 1.54) is 10.7 Å². The van der Waals surface area contributed by atoms with Crippen molar-refractivity contribution in [3.05, 3.63) is 58.2 Å². The van der Waals surface area contributed by atoms with Crippen molar-refractivity contribution >= 4 is 25.8 Å². The highest BCUT2D eigenvalue weighted by atomic mass is 79.9. The summed E-state index contributed by atoms with van der Waals surface area (Å²) in [4.78, 5) is 0.0362. The van der Waals surface area contributed by atoms with Gasteiger partial charge in [0.1, 0.15) is 0 Å². The molecule has 1 N–H and O–H groups in total. The molecule has 0 spiro atoms. The molecule has 5 nitrogen and oxygen atoms in total. The number of aromatic nitrogens is 2. The fourth-order valence-electron chi connectivity index (χ4n) is 3.41. The van der Waals surface area contributed by atoms with Crippen molar-refractivity contribution in [2.75, 3.05) is 6.26 Å². The average Bonchev–Trinajstić information content (AvgIpc) is 3.02. The third-order valence-corrected chi connectivity index (χ3v) is 6.76. The quantitative estimate of drug-likeness (QED) is 0.453. The van der Waals surface area contributed by atoms with Crippen LogP contribution in [0.15, 0.2) is 51.8 Å². The molecule has 0 amide bonds. The molecule has 0 unspecified atom stereocenters. The van der Waals surface area contributed by atoms with Crippen LogP contribution in [0, 0.1) is 5.92 Å². The van der Waals surface area contributed by atoms with Crippen LogP contribution >= 0.6 is 15.9 Å². The summed E-state index contributed by atoms with van der Waals surface area (Å²) in [5, 5.41) is 13.2. The van der Waals surface area contributed by atoms with E-state index in [4.69, 9.17) is 0 Å². The van der Waals surface area contributed by atoms with Gasteiger partial charge in [0.05, 0.1) is 21.7 Å². The third kappa shape index (κ3) is 5.07. The standard InChI is InChI=1S/C22H22BrF3N2O3S/c1-13(2)11-28-20(19(23)21(27-28)22(24,25)26)15-6-4-14(5-7-15)16-8-9-17(12-29)18(10-16)32(3,30)31/h4-10,13,29H,11-12H2,1-3H3. The molecular formula is C22H22BrF3N2O3S. The van der Waals surface area contributed by atoms with Crippen molar-refractivity contribution in [1.82, 2.24) is 9.78 Å². The molecule has 172 valence electrons. The van der Waals surface area contributed by atoms with E-state index in [9.17, 15) is 26.7 Å². The van der Waals surface area contributed by atoms with Crippen LogP contribution < -0.4 is 0 Å². The molecular weight excluding hydrogens is 509 g/mol. The number of aliphatic hydroxyl groups is 1. The molecule has 3 aromatic rings. The topological polar surface area (TPSA) is 72.2 Å². The van der Waals surface area contributed by atoms with Gasteiger partial charge in [-0.05, 0) is 44.6 Å². The van der Waals surface area contributed by atoms with Crippen molar-refractivity contribution < 1.29 is 26.7 Å². The molecule has 0 saturated carbocycles. The molecule has 0 aliphatic heterocycles. The van der Waals surface area contributed by atoms with Crippen LogP contribution in [0.4, 0.5) is 13.2 Å². The van der Waals surface area contributed by atoms with Gasteiger partial charge in [-0.1, -0.05) is 50.2 Å². The summed E-state index contributed by atoms with van der Waals surface area (Å²) < 4.78 is 65.6. The molecule has 0 fully saturated rings. The largest absolute Gasteiger partial charge is 0.436 e. The van der Waals surface area contributed by atoms with Gasteiger partial charge in [-0.2, -0.15) is 18.3 Å². The zero-order valence-electron chi connectivity index (χ0n) is 17.6. The second-order valence-corrected chi connectivity index (χ2v) is 10.7. The maximum atomic E-state index is 13.4. The average molecular weight is 531 g/mol. The minimum atomic E-state index is -4.59. The Morgan fingerprint density at radius 1 is 1.06 bits per heavy atom. The summed E-state index contributed by atoms with van der Waals surface area (Å²) in [5.41, 5.74) is 1.48. The lowest BCUT2D eigenvalue weighted by molar-refractivity contribution is -0.142. The van der Waals surface area contributed by atoms with E-state index in [1.54, 1.807) is 36.4 Å². The Balaban J connectivity index is 2.08. The van der Waals surface area contributed by atoms with Gasteiger partial charge in [0.25, 0.3) is 0 Å². The maximum absolute atomic E-state index is 13.4. The molecule has 0 atom stereocenters. The van der Waals surface area contributed by atoms with Crippen molar-refractivity contribution in [3.63, 3.8) is 0 Å². The van der Waals surface area contributed by atoms with Gasteiger partial charge in [0.2, 0.25) is 0 Å². The van der Waals surface area contributed by atoms with E-state index in [0.717, 1.165) is 6.26 Å². The minimum absolute atomic E-state index is 0.0362. The third-order valence-electron chi connectivity index (χ3n) is 4.83. The number of halogens is 4. The number of alkyl halides is 3. The van der Waals surface area contributed by atoms with E-state index in [-0.39, 0.29) is 15.3 Å². The molecule has 0 bridgehead atoms. The lowest BCUT2D eigenvalue weighted by Crippen LogP contribution is -2.11. The number of rotatable bonds is 6. The van der Waals surface area contributed by atoms with Gasteiger partial charge in [0.15, 0.2) is 15.5 Å². The van der Waals surface area contributed by atoms with Crippen molar-refractivity contribution in [1.29, 1.82) is 0 Å². The van der Waals surface area contributed by atoms with Crippen LogP contribution in [-0.2, 0) is 29.2 Å². The minimum Gasteiger partial charge on any atom is -0.392 e. The highest BCUT2D eigenvalue weighted by Crippen LogP contribution is 2.40. The summed E-state index contributed by atoms with van der Waals surface area (Å²) in [6, 6.07) is 11.5. The zero-order chi connectivity index (χ0) is 23.8. The van der Waals surface area contributed by atoms with E-state index < -0.39 is 28.3 Å². The number of hydrogen-bond donors (Lipinski definition) is 1. The van der Waals surface area contributed by atoms with Crippen LogP contribution in [0.25, 0.3) is 22.4 Å². The van der Waals surface area contributed by atoms with Gasteiger partial charge in [-0.3, -0.25) is 4.68 Å². The number of sulfone groups is 1. The van der Waals surface area contributed by atoms with Crippen LogP contribution in [-0.4, -0.2) is 29.6 Å². The Bertz CT molecular complexity index is 1230. The first-order valence-corrected chi connectivity index (χ1v) is 12.4. The highest BCUT2D eigenvalue weighted by Gasteiger charge is 2.39. The van der Waals surface area contributed by atoms with Crippen molar-refractivity contribution in [3.8, 4) is 22.4 Å². The molecule has 10 heteroatoms. The Kier molecular flexibility index (Phi) is 6.88. The number of benzene rings is 2. The SMILES string of the molecule is CC(C)Cn1nc(C(F)(F)F)c(Br)c1-c1ccc(-c2ccc(CO)c(S(C)(=O)=O)c2)cc1. The Morgan fingerprint density at radius 2 is 1.62 bits per heavy atom. The number of nitrogens with zero attached hydrogens (tertiary/aromatic N) is 2. The molecule has 1 aromatic heterocycles. The first-order chi connectivity index (χ1) is 14.8. The first kappa shape index (κ1) is 24.5. The maximum Gasteiger partial charge on any atom is 0.436 e. The van der Waals surface area contributed by atoms with E-state index in [1.807, 2.05) is 13.8 Å². The van der Waals surface area contributed by atoms with Gasteiger partial charge in [0, 0.05) is 18.4 Å². The molecule has 0 aliphatic rings. The smallest absolute Gasteiger partial charge is 0.392 e. The number of hydrogen-bond acceptors (Lipinski definition) is 4. The summed E-state index contributed by atoms with van der Waals surface area (Å²) >= 11 is 3.08. The van der Waals surface area contributed by atoms with Gasteiger partial charge >= 0.3 is 6.18 Å². The first-order valence-electron chi connectivity index (χ1n) is 9.71. The molecule has 0 radical (unpaired) electrons. The van der Waals surface area contributed by atoms with Crippen LogP contribution in [0.2, 0.25) is 0 Å². The summed E-state index contributed by atoms with van der Waals surface area (Å²) in [6.07, 6.45) is -3.52. The van der Waals surface area contributed by atoms with Gasteiger partial charge in [-0.15, -0.1) is 0 Å². The van der Waals surface area contributed by atoms with E-state index >= 15 is 0 Å². The summed E-state index contributed by atoms with van der Waals surface area (Å²) in [6.45, 7) is 3.69. The van der Waals surface area contributed by atoms with E-state index in [2.05, 4.69) is 21.0 Å². The molecule has 1 heterocycles. The fourth-order valence-corrected chi connectivity index (χ4v) is 5.09. The second-order valence-electron chi connectivity index (χ2n) is 7.92. The molecule has 0 aliphatic carbocycles. The van der Waals surface area contributed by atoms with Gasteiger partial charge < -0.3 is 5.11 Å². The molecule has 3 rings (SSSR count). The Morgan fingerprint density at radius 3 is 2.12 bits per heavy atom. The van der Waals surface area contributed by atoms with Crippen LogP contribution in [0.3, 0.4) is 0 Å². The number of aliphatic hydroxyl groups excluding tert-OH is 1. The predicted molar refractivity (Wildman–Crippen MR) is 120 cm³/mol. The molecule has 0 saturated heterocycles. The molecule has 32 heavy (non-hydrogen) atoms. The van der Waals surface area contributed by atoms with Crippen molar-refractivity contribution in [2.45, 2.75) is 38.1 Å². The normalized spacial score (nSPS) is 12.5. The fraction of sp³-hybridized carbons (Fsp3) is 0.318. The Labute approximate surface area is 192 Å². The highest BCUT2D eigenvalue weighted by molar-refractivity contribution is 9.10. The summed E-state index contributed by atoms with van der Waals surface area (Å²) in [7, 11) is -3.55. The van der Waals surface area contributed by atoms with Gasteiger partial charge in [-0.25, -0.2) is 8.42 Å². The second kappa shape index (κ2) is 8.99. The van der Waals surface area contributed by atoms with Crippen LogP contribution in [0.1, 0.15) is 25.1 Å². The predicted octanol–water partition coefficient (Wildman–Crippen LogP) is 5.55. The molecule has 2 aromatic carbocycles. The van der Waals surface area contributed by atoms with Crippen molar-refractivity contribution in [2.24, 2.45) is 5.92 Å².